The minimum atomic E-state index is -0.215. The smallest absolute Gasteiger partial charge is 0.264 e. The largest absolute Gasteiger partial charge is 0.487 e. The number of amides is 1. The summed E-state index contributed by atoms with van der Waals surface area (Å²) in [7, 11) is 0. The Morgan fingerprint density at radius 3 is 2.75 bits per heavy atom. The molecule has 36 heavy (non-hydrogen) atoms. The number of halogens is 2. The number of hydrogen-bond acceptors (Lipinski definition) is 7. The number of benzene rings is 2. The molecule has 0 atom stereocenters. The van der Waals surface area contributed by atoms with Crippen molar-refractivity contribution in [2.75, 3.05) is 0 Å². The number of aliphatic imine (C=N–C) groups is 1. The summed E-state index contributed by atoms with van der Waals surface area (Å²) in [6, 6.07) is 16.5. The molecule has 180 valence electrons. The third kappa shape index (κ3) is 5.93. The maximum absolute atomic E-state index is 12.5. The molecular formula is C25H18Cl2N6O2S. The Kier molecular flexibility index (Phi) is 7.31. The van der Waals surface area contributed by atoms with Crippen LogP contribution in [0.25, 0.3) is 6.08 Å². The first-order chi connectivity index (χ1) is 17.5. The monoisotopic (exact) mass is 536 g/mol. The number of hydrogen-bond donors (Lipinski definition) is 1. The molecule has 1 fully saturated rings. The fourth-order valence-electron chi connectivity index (χ4n) is 3.35. The van der Waals surface area contributed by atoms with Crippen LogP contribution in [0.5, 0.6) is 5.75 Å². The van der Waals surface area contributed by atoms with Crippen LogP contribution in [0.4, 0.5) is 5.69 Å². The predicted octanol–water partition coefficient (Wildman–Crippen LogP) is 5.50. The summed E-state index contributed by atoms with van der Waals surface area (Å²) in [6.45, 7) is 0.720. The molecule has 1 aliphatic heterocycles. The van der Waals surface area contributed by atoms with Crippen molar-refractivity contribution < 1.29 is 9.53 Å². The van der Waals surface area contributed by atoms with Crippen LogP contribution in [-0.4, -0.2) is 31.1 Å². The van der Waals surface area contributed by atoms with Crippen LogP contribution in [0, 0.1) is 0 Å². The van der Waals surface area contributed by atoms with Crippen LogP contribution in [0.2, 0.25) is 10.0 Å². The standard InChI is InChI=1S/C25H18Cl2N6O2S/c26-20-6-5-16(11-21(20)27)13-33-14-19(31-32-33)15-35-22-4-2-1-3-17(22)12-23-24(34)30-25(36-23)29-18-7-9-28-10-8-18/h1-12,14H,13,15H2,(H,28,29,30,34)/b23-12-. The lowest BCUT2D eigenvalue weighted by molar-refractivity contribution is -0.115. The van der Waals surface area contributed by atoms with E-state index >= 15 is 0 Å². The molecule has 0 unspecified atom stereocenters. The van der Waals surface area contributed by atoms with Crippen molar-refractivity contribution in [3.05, 3.63) is 105 Å². The van der Waals surface area contributed by atoms with Gasteiger partial charge in [-0.15, -0.1) is 5.10 Å². The van der Waals surface area contributed by atoms with Crippen molar-refractivity contribution in [3.63, 3.8) is 0 Å². The van der Waals surface area contributed by atoms with E-state index in [2.05, 4.69) is 25.6 Å². The number of pyridine rings is 1. The third-order valence-electron chi connectivity index (χ3n) is 5.04. The van der Waals surface area contributed by atoms with E-state index in [4.69, 9.17) is 27.9 Å². The highest BCUT2D eigenvalue weighted by molar-refractivity contribution is 8.18. The molecule has 3 heterocycles. The minimum Gasteiger partial charge on any atom is -0.487 e. The summed E-state index contributed by atoms with van der Waals surface area (Å²) in [4.78, 5) is 21.4. The molecule has 0 saturated carbocycles. The van der Waals surface area contributed by atoms with Crippen LogP contribution in [0.3, 0.4) is 0 Å². The summed E-state index contributed by atoms with van der Waals surface area (Å²) >= 11 is 13.3. The van der Waals surface area contributed by atoms with Gasteiger partial charge in [0.1, 0.15) is 18.1 Å². The fraction of sp³-hybridized carbons (Fsp3) is 0.0800. The highest BCUT2D eigenvalue weighted by Gasteiger charge is 2.24. The van der Waals surface area contributed by atoms with Crippen molar-refractivity contribution in [2.45, 2.75) is 13.2 Å². The number of ether oxygens (including phenoxy) is 1. The highest BCUT2D eigenvalue weighted by atomic mass is 35.5. The fourth-order valence-corrected chi connectivity index (χ4v) is 4.50. The van der Waals surface area contributed by atoms with Gasteiger partial charge in [-0.1, -0.05) is 52.7 Å². The second-order valence-electron chi connectivity index (χ2n) is 7.67. The van der Waals surface area contributed by atoms with E-state index in [-0.39, 0.29) is 12.5 Å². The average Bonchev–Trinajstić information content (AvgIpc) is 3.47. The van der Waals surface area contributed by atoms with E-state index in [1.54, 1.807) is 47.4 Å². The maximum atomic E-state index is 12.5. The van der Waals surface area contributed by atoms with E-state index in [9.17, 15) is 4.79 Å². The molecule has 0 bridgehead atoms. The van der Waals surface area contributed by atoms with Crippen molar-refractivity contribution in [3.8, 4) is 5.75 Å². The third-order valence-corrected chi connectivity index (χ3v) is 6.69. The molecular weight excluding hydrogens is 519 g/mol. The van der Waals surface area contributed by atoms with Gasteiger partial charge in [-0.05, 0) is 53.7 Å². The zero-order valence-corrected chi connectivity index (χ0v) is 21.0. The van der Waals surface area contributed by atoms with Crippen LogP contribution in [0.15, 0.2) is 83.1 Å². The summed E-state index contributed by atoms with van der Waals surface area (Å²) in [5.74, 6) is 0.407. The second kappa shape index (κ2) is 10.9. The number of nitrogens with zero attached hydrogens (tertiary/aromatic N) is 5. The molecule has 5 rings (SSSR count). The summed E-state index contributed by atoms with van der Waals surface area (Å²) in [5, 5.41) is 12.6. The first-order valence-electron chi connectivity index (χ1n) is 10.8. The normalized spacial score (nSPS) is 15.4. The number of rotatable bonds is 7. The lowest BCUT2D eigenvalue weighted by Crippen LogP contribution is -2.19. The van der Waals surface area contributed by atoms with Gasteiger partial charge in [-0.2, -0.15) is 0 Å². The molecule has 0 radical (unpaired) electrons. The SMILES string of the molecule is O=C1NC(=Nc2ccncc2)S/C1=C\c1ccccc1OCc1cn(Cc2ccc(Cl)c(Cl)c2)nn1. The minimum absolute atomic E-state index is 0.215. The maximum Gasteiger partial charge on any atom is 0.264 e. The predicted molar refractivity (Wildman–Crippen MR) is 141 cm³/mol. The van der Waals surface area contributed by atoms with Gasteiger partial charge in [0.15, 0.2) is 5.17 Å². The van der Waals surface area contributed by atoms with Crippen molar-refractivity contribution in [1.29, 1.82) is 0 Å². The van der Waals surface area contributed by atoms with Gasteiger partial charge in [0.05, 0.1) is 33.4 Å². The van der Waals surface area contributed by atoms with Gasteiger partial charge in [0, 0.05) is 18.0 Å². The van der Waals surface area contributed by atoms with E-state index < -0.39 is 0 Å². The summed E-state index contributed by atoms with van der Waals surface area (Å²) in [5.41, 5.74) is 3.10. The first kappa shape index (κ1) is 24.1. The van der Waals surface area contributed by atoms with Gasteiger partial charge in [-0.25, -0.2) is 9.67 Å². The van der Waals surface area contributed by atoms with E-state index in [1.165, 1.54) is 11.8 Å². The topological polar surface area (TPSA) is 94.3 Å². The Morgan fingerprint density at radius 1 is 1.08 bits per heavy atom. The van der Waals surface area contributed by atoms with Crippen molar-refractivity contribution in [1.82, 2.24) is 25.3 Å². The number of nitrogens with one attached hydrogen (secondary N) is 1. The molecule has 1 amide bonds. The number of thioether (sulfide) groups is 1. The Bertz CT molecular complexity index is 1470. The number of para-hydroxylation sites is 1. The molecule has 1 aliphatic rings. The molecule has 0 spiro atoms. The van der Waals surface area contributed by atoms with E-state index in [0.717, 1.165) is 11.1 Å². The quantitative estimate of drug-likeness (QED) is 0.313. The van der Waals surface area contributed by atoms with Gasteiger partial charge in [-0.3, -0.25) is 9.78 Å². The lowest BCUT2D eigenvalue weighted by Gasteiger charge is -2.08. The zero-order valence-electron chi connectivity index (χ0n) is 18.6. The molecule has 4 aromatic rings. The van der Waals surface area contributed by atoms with Gasteiger partial charge in [0.25, 0.3) is 5.91 Å². The Morgan fingerprint density at radius 2 is 1.92 bits per heavy atom. The van der Waals surface area contributed by atoms with Gasteiger partial charge < -0.3 is 10.1 Å². The molecule has 1 saturated heterocycles. The molecule has 0 aliphatic carbocycles. The van der Waals surface area contributed by atoms with E-state index in [0.29, 0.717) is 43.8 Å². The van der Waals surface area contributed by atoms with Crippen LogP contribution in [-0.2, 0) is 17.9 Å². The van der Waals surface area contributed by atoms with Crippen LogP contribution in [0.1, 0.15) is 16.8 Å². The second-order valence-corrected chi connectivity index (χ2v) is 9.51. The molecule has 1 N–H and O–H groups in total. The van der Waals surface area contributed by atoms with Crippen LogP contribution >= 0.6 is 35.0 Å². The number of carbonyl (C=O) groups excluding carboxylic acids is 1. The van der Waals surface area contributed by atoms with Gasteiger partial charge >= 0.3 is 0 Å². The molecule has 11 heteroatoms. The van der Waals surface area contributed by atoms with Crippen LogP contribution < -0.4 is 10.1 Å². The molecule has 2 aromatic carbocycles. The first-order valence-corrected chi connectivity index (χ1v) is 12.3. The van der Waals surface area contributed by atoms with Gasteiger partial charge in [0.2, 0.25) is 0 Å². The Labute approximate surface area is 221 Å². The summed E-state index contributed by atoms with van der Waals surface area (Å²) in [6.07, 6.45) is 6.89. The van der Waals surface area contributed by atoms with E-state index in [1.807, 2.05) is 36.5 Å². The summed E-state index contributed by atoms with van der Waals surface area (Å²) < 4.78 is 7.72. The molecule has 2 aromatic heterocycles. The highest BCUT2D eigenvalue weighted by Crippen LogP contribution is 2.30. The molecule has 8 nitrogen and oxygen atoms in total. The number of carbonyl (C=O) groups is 1. The lowest BCUT2D eigenvalue weighted by atomic mass is 10.2. The number of aromatic nitrogens is 4. The zero-order chi connectivity index (χ0) is 24.9. The Hall–Kier alpha value is -3.66. The average molecular weight is 537 g/mol. The van der Waals surface area contributed by atoms with Crippen molar-refractivity contribution >= 4 is 57.8 Å². The van der Waals surface area contributed by atoms with Crippen molar-refractivity contribution in [2.24, 2.45) is 4.99 Å². The Balaban J connectivity index is 1.26. The number of amidine groups is 1.